The maximum absolute atomic E-state index is 12.6. The van der Waals surface area contributed by atoms with Crippen molar-refractivity contribution in [2.45, 2.75) is 39.8 Å². The van der Waals surface area contributed by atoms with Crippen LogP contribution in [0.2, 0.25) is 0 Å². The number of fused-ring (bicyclic) bond motifs is 1. The van der Waals surface area contributed by atoms with Gasteiger partial charge in [0.15, 0.2) is 0 Å². The molecule has 118 valence electrons. The molecule has 0 spiro atoms. The third-order valence-corrected chi connectivity index (χ3v) is 4.42. The number of aromatic nitrogens is 2. The number of esters is 1. The molecular weight excluding hydrogens is 306 g/mol. The van der Waals surface area contributed by atoms with Crippen molar-refractivity contribution in [3.8, 4) is 0 Å². The van der Waals surface area contributed by atoms with Crippen LogP contribution in [0.25, 0.3) is 10.2 Å². The summed E-state index contributed by atoms with van der Waals surface area (Å²) in [5.74, 6) is -1.11. The van der Waals surface area contributed by atoms with Crippen LogP contribution in [-0.2, 0) is 9.53 Å². The number of carbonyl (C=O) groups excluding carboxylic acids is 2. The zero-order valence-electron chi connectivity index (χ0n) is 12.7. The average Bonchev–Trinajstić information content (AvgIpc) is 2.76. The number of thiophene rings is 1. The maximum Gasteiger partial charge on any atom is 0.329 e. The summed E-state index contributed by atoms with van der Waals surface area (Å²) < 4.78 is 6.32. The lowest BCUT2D eigenvalue weighted by atomic mass is 10.2. The fourth-order valence-corrected chi connectivity index (χ4v) is 3.08. The number of primary amides is 1. The van der Waals surface area contributed by atoms with Gasteiger partial charge >= 0.3 is 5.97 Å². The van der Waals surface area contributed by atoms with E-state index >= 15 is 0 Å². The first-order valence-corrected chi connectivity index (χ1v) is 7.56. The molecule has 1 amide bonds. The summed E-state index contributed by atoms with van der Waals surface area (Å²) in [6, 6.07) is -0.803. The standard InChI is InChI=1S/C14H17N3O4S/c1-6(2)21-14(20)8(4)17-5-16-12-9(13(17)19)7(3)10(22-12)11(15)18/h5-6,8H,1-4H3,(H2,15,18). The molecule has 0 saturated carbocycles. The zero-order chi connectivity index (χ0) is 16.6. The van der Waals surface area contributed by atoms with Crippen LogP contribution in [0, 0.1) is 6.92 Å². The van der Waals surface area contributed by atoms with Crippen molar-refractivity contribution in [2.75, 3.05) is 0 Å². The topological polar surface area (TPSA) is 104 Å². The van der Waals surface area contributed by atoms with E-state index in [1.54, 1.807) is 27.7 Å². The summed E-state index contributed by atoms with van der Waals surface area (Å²) in [4.78, 5) is 40.8. The lowest BCUT2D eigenvalue weighted by molar-refractivity contribution is -0.151. The number of nitrogens with two attached hydrogens (primary N) is 1. The van der Waals surface area contributed by atoms with Gasteiger partial charge in [0.2, 0.25) is 0 Å². The quantitative estimate of drug-likeness (QED) is 0.856. The van der Waals surface area contributed by atoms with Gasteiger partial charge in [0.05, 0.1) is 22.7 Å². The van der Waals surface area contributed by atoms with E-state index in [0.717, 1.165) is 11.3 Å². The van der Waals surface area contributed by atoms with Crippen LogP contribution in [0.15, 0.2) is 11.1 Å². The van der Waals surface area contributed by atoms with Crippen molar-refractivity contribution in [2.24, 2.45) is 5.73 Å². The number of carbonyl (C=O) groups is 2. The minimum atomic E-state index is -0.803. The molecule has 2 aromatic heterocycles. The van der Waals surface area contributed by atoms with Crippen LogP contribution in [0.3, 0.4) is 0 Å². The van der Waals surface area contributed by atoms with Crippen LogP contribution in [0.4, 0.5) is 0 Å². The monoisotopic (exact) mass is 323 g/mol. The molecule has 0 saturated heterocycles. The van der Waals surface area contributed by atoms with E-state index in [-0.39, 0.29) is 11.7 Å². The van der Waals surface area contributed by atoms with Gasteiger partial charge in [-0.3, -0.25) is 14.2 Å². The third kappa shape index (κ3) is 2.74. The van der Waals surface area contributed by atoms with Gasteiger partial charge in [0, 0.05) is 0 Å². The van der Waals surface area contributed by atoms with Gasteiger partial charge in [-0.15, -0.1) is 11.3 Å². The maximum atomic E-state index is 12.6. The fourth-order valence-electron chi connectivity index (χ4n) is 2.09. The Morgan fingerprint density at radius 2 is 2.00 bits per heavy atom. The number of hydrogen-bond donors (Lipinski definition) is 1. The number of amides is 1. The average molecular weight is 323 g/mol. The molecular formula is C14H17N3O4S. The van der Waals surface area contributed by atoms with E-state index < -0.39 is 17.9 Å². The summed E-state index contributed by atoms with van der Waals surface area (Å²) in [6.45, 7) is 6.67. The molecule has 2 N–H and O–H groups in total. The highest BCUT2D eigenvalue weighted by Crippen LogP contribution is 2.26. The molecule has 0 aliphatic rings. The number of nitrogens with zero attached hydrogens (tertiary/aromatic N) is 2. The van der Waals surface area contributed by atoms with Crippen molar-refractivity contribution in [1.82, 2.24) is 9.55 Å². The molecule has 1 atom stereocenters. The Labute approximate surface area is 130 Å². The second kappa shape index (κ2) is 5.88. The van der Waals surface area contributed by atoms with Crippen molar-refractivity contribution in [3.63, 3.8) is 0 Å². The number of hydrogen-bond acceptors (Lipinski definition) is 6. The summed E-state index contributed by atoms with van der Waals surface area (Å²) in [7, 11) is 0. The normalized spacial score (nSPS) is 12.6. The molecule has 7 nitrogen and oxygen atoms in total. The number of aryl methyl sites for hydroxylation is 1. The van der Waals surface area contributed by atoms with Gasteiger partial charge in [-0.25, -0.2) is 9.78 Å². The minimum absolute atomic E-state index is 0.272. The Kier molecular flexibility index (Phi) is 4.32. The first kappa shape index (κ1) is 16.2. The largest absolute Gasteiger partial charge is 0.461 e. The Morgan fingerprint density at radius 1 is 1.36 bits per heavy atom. The summed E-state index contributed by atoms with van der Waals surface area (Å²) >= 11 is 1.07. The van der Waals surface area contributed by atoms with Crippen molar-refractivity contribution >= 4 is 33.4 Å². The van der Waals surface area contributed by atoms with Crippen LogP contribution < -0.4 is 11.3 Å². The second-order valence-electron chi connectivity index (χ2n) is 5.22. The van der Waals surface area contributed by atoms with E-state index in [0.29, 0.717) is 20.7 Å². The fraction of sp³-hybridized carbons (Fsp3) is 0.429. The van der Waals surface area contributed by atoms with Gasteiger partial charge < -0.3 is 10.5 Å². The predicted octanol–water partition coefficient (Wildman–Crippen LogP) is 1.38. The molecule has 0 fully saturated rings. The molecule has 8 heteroatoms. The molecule has 0 aliphatic carbocycles. The van der Waals surface area contributed by atoms with E-state index in [2.05, 4.69) is 4.98 Å². The Morgan fingerprint density at radius 3 is 2.55 bits per heavy atom. The van der Waals surface area contributed by atoms with Crippen molar-refractivity contribution in [1.29, 1.82) is 0 Å². The van der Waals surface area contributed by atoms with Crippen LogP contribution in [0.1, 0.15) is 42.0 Å². The molecule has 1 unspecified atom stereocenters. The second-order valence-corrected chi connectivity index (χ2v) is 6.22. The lowest BCUT2D eigenvalue weighted by Crippen LogP contribution is -2.30. The Balaban J connectivity index is 2.56. The lowest BCUT2D eigenvalue weighted by Gasteiger charge is -2.15. The molecule has 0 aromatic carbocycles. The SMILES string of the molecule is Cc1c(C(N)=O)sc2ncn(C(C)C(=O)OC(C)C)c(=O)c12. The van der Waals surface area contributed by atoms with Crippen LogP contribution in [0.5, 0.6) is 0 Å². The van der Waals surface area contributed by atoms with Gasteiger partial charge in [0.1, 0.15) is 10.9 Å². The molecule has 0 bridgehead atoms. The van der Waals surface area contributed by atoms with Crippen LogP contribution in [-0.4, -0.2) is 27.5 Å². The first-order chi connectivity index (χ1) is 10.2. The van der Waals surface area contributed by atoms with E-state index in [1.165, 1.54) is 10.9 Å². The van der Waals surface area contributed by atoms with E-state index in [9.17, 15) is 14.4 Å². The van der Waals surface area contributed by atoms with Crippen LogP contribution >= 0.6 is 11.3 Å². The van der Waals surface area contributed by atoms with Crippen molar-refractivity contribution in [3.05, 3.63) is 27.1 Å². The summed E-state index contributed by atoms with van der Waals surface area (Å²) in [6.07, 6.45) is 1.02. The molecule has 22 heavy (non-hydrogen) atoms. The Bertz CT molecular complexity index is 806. The molecule has 2 rings (SSSR count). The van der Waals surface area contributed by atoms with Gasteiger partial charge in [0.25, 0.3) is 11.5 Å². The van der Waals surface area contributed by atoms with E-state index in [4.69, 9.17) is 10.5 Å². The highest BCUT2D eigenvalue weighted by atomic mass is 32.1. The third-order valence-electron chi connectivity index (χ3n) is 3.21. The minimum Gasteiger partial charge on any atom is -0.461 e. The number of ether oxygens (including phenoxy) is 1. The highest BCUT2D eigenvalue weighted by Gasteiger charge is 2.23. The number of rotatable bonds is 4. The highest BCUT2D eigenvalue weighted by molar-refractivity contribution is 7.20. The predicted molar refractivity (Wildman–Crippen MR) is 83.1 cm³/mol. The molecule has 2 heterocycles. The Hall–Kier alpha value is -2.22. The molecule has 0 aliphatic heterocycles. The molecule has 2 aromatic rings. The zero-order valence-corrected chi connectivity index (χ0v) is 13.6. The smallest absolute Gasteiger partial charge is 0.329 e. The van der Waals surface area contributed by atoms with E-state index in [1.807, 2.05) is 0 Å². The first-order valence-electron chi connectivity index (χ1n) is 6.74. The van der Waals surface area contributed by atoms with Gasteiger partial charge in [-0.05, 0) is 33.3 Å². The summed E-state index contributed by atoms with van der Waals surface area (Å²) in [5.41, 5.74) is 5.39. The van der Waals surface area contributed by atoms with Gasteiger partial charge in [-0.2, -0.15) is 0 Å². The van der Waals surface area contributed by atoms with Gasteiger partial charge in [-0.1, -0.05) is 0 Å². The molecule has 0 radical (unpaired) electrons. The van der Waals surface area contributed by atoms with Crippen molar-refractivity contribution < 1.29 is 14.3 Å². The summed E-state index contributed by atoms with van der Waals surface area (Å²) in [5, 5.41) is 0.311.